The number of carbonyl (C=O) groups is 1. The predicted octanol–water partition coefficient (Wildman–Crippen LogP) is 2.76. The molecule has 4 heterocycles. The van der Waals surface area contributed by atoms with Crippen LogP contribution in [-0.4, -0.2) is 53.5 Å². The van der Waals surface area contributed by atoms with Gasteiger partial charge in [0.05, 0.1) is 36.3 Å². The van der Waals surface area contributed by atoms with Crippen LogP contribution in [0, 0.1) is 0 Å². The van der Waals surface area contributed by atoms with Crippen molar-refractivity contribution in [1.82, 2.24) is 24.5 Å². The van der Waals surface area contributed by atoms with E-state index in [0.29, 0.717) is 48.2 Å². The Morgan fingerprint density at radius 3 is 2.80 bits per heavy atom. The Labute approximate surface area is 199 Å². The molecule has 0 aliphatic rings. The number of amides is 1. The second-order valence-corrected chi connectivity index (χ2v) is 8.44. The molecule has 4 aromatic heterocycles. The van der Waals surface area contributed by atoms with Crippen molar-refractivity contribution in [3.8, 4) is 22.7 Å². The highest BCUT2D eigenvalue weighted by molar-refractivity contribution is 7.46. The maximum absolute atomic E-state index is 12.9. The number of pyridine rings is 1. The summed E-state index contributed by atoms with van der Waals surface area (Å²) in [6.45, 7) is 3.04. The molecule has 0 saturated carbocycles. The number of anilines is 1. The van der Waals surface area contributed by atoms with Crippen molar-refractivity contribution in [2.75, 3.05) is 18.5 Å². The summed E-state index contributed by atoms with van der Waals surface area (Å²) >= 11 is 0. The van der Waals surface area contributed by atoms with Crippen molar-refractivity contribution in [1.29, 1.82) is 0 Å². The van der Waals surface area contributed by atoms with E-state index >= 15 is 0 Å². The number of rotatable bonds is 11. The number of nitrogens with one attached hydrogen (secondary N) is 1. The number of carbonyl (C=O) groups excluding carboxylic acids is 1. The minimum absolute atomic E-state index is 0.0493. The number of aromatic nitrogens is 5. The average molecular weight is 502 g/mol. The third-order valence-electron chi connectivity index (χ3n) is 4.69. The monoisotopic (exact) mass is 502 g/mol. The lowest BCUT2D eigenvalue weighted by Gasteiger charge is -2.04. The number of hydrogen-bond donors (Lipinski definition) is 3. The van der Waals surface area contributed by atoms with Crippen LogP contribution in [0.5, 0.6) is 0 Å². The van der Waals surface area contributed by atoms with E-state index in [1.54, 1.807) is 35.3 Å². The van der Waals surface area contributed by atoms with Crippen LogP contribution in [0.2, 0.25) is 0 Å². The van der Waals surface area contributed by atoms with Gasteiger partial charge in [-0.1, -0.05) is 6.07 Å². The third-order valence-corrected chi connectivity index (χ3v) is 5.14. The summed E-state index contributed by atoms with van der Waals surface area (Å²) in [5.74, 6) is -0.0989. The molecule has 14 heteroatoms. The van der Waals surface area contributed by atoms with E-state index in [-0.39, 0.29) is 5.76 Å². The van der Waals surface area contributed by atoms with Gasteiger partial charge in [-0.3, -0.25) is 19.0 Å². The minimum Gasteiger partial charge on any atom is -0.451 e. The summed E-state index contributed by atoms with van der Waals surface area (Å²) in [5.41, 5.74) is 2.07. The van der Waals surface area contributed by atoms with E-state index in [1.807, 2.05) is 13.0 Å². The van der Waals surface area contributed by atoms with Crippen LogP contribution >= 0.6 is 7.82 Å². The molecule has 0 aliphatic carbocycles. The number of phosphoric ester groups is 1. The molecule has 0 fully saturated rings. The quantitative estimate of drug-likeness (QED) is 0.205. The molecular weight excluding hydrogens is 479 g/mol. The molecule has 4 rings (SSSR count). The Morgan fingerprint density at radius 1 is 1.20 bits per heavy atom. The smallest absolute Gasteiger partial charge is 0.451 e. The molecule has 4 aromatic rings. The standard InChI is InChI=1S/C21H23N6O7P/c1-2-32-10-9-26-13-17(20(25-26)16-5-3-4-8-22-16)24-21(28)19-7-6-18(34-19)15-11-23-27(12-15)14-33-35(29,30)31/h3-8,11-13H,2,9-10,14H2,1H3,(H,24,28)(H2,29,30,31). The molecule has 0 bridgehead atoms. The SMILES string of the molecule is CCOCCn1cc(NC(=O)c2ccc(-c3cnn(COP(=O)(O)O)c3)o2)c(-c2ccccn2)n1. The van der Waals surface area contributed by atoms with Gasteiger partial charge in [-0.25, -0.2) is 9.25 Å². The number of ether oxygens (including phenoxy) is 1. The molecule has 35 heavy (non-hydrogen) atoms. The lowest BCUT2D eigenvalue weighted by Crippen LogP contribution is -2.11. The van der Waals surface area contributed by atoms with Gasteiger partial charge in [-0.2, -0.15) is 10.2 Å². The Kier molecular flexibility index (Phi) is 7.54. The second-order valence-electron chi connectivity index (χ2n) is 7.20. The third kappa shape index (κ3) is 6.50. The Bertz CT molecular complexity index is 1330. The molecule has 0 aromatic carbocycles. The minimum atomic E-state index is -4.62. The highest BCUT2D eigenvalue weighted by Gasteiger charge is 2.19. The van der Waals surface area contributed by atoms with Crippen LogP contribution in [0.15, 0.2) is 59.5 Å². The lowest BCUT2D eigenvalue weighted by atomic mass is 10.2. The van der Waals surface area contributed by atoms with Crippen LogP contribution in [0.25, 0.3) is 22.7 Å². The summed E-state index contributed by atoms with van der Waals surface area (Å²) in [5, 5.41) is 11.3. The van der Waals surface area contributed by atoms with Gasteiger partial charge in [0, 0.05) is 25.2 Å². The molecule has 1 amide bonds. The van der Waals surface area contributed by atoms with Crippen molar-refractivity contribution in [3.63, 3.8) is 0 Å². The highest BCUT2D eigenvalue weighted by atomic mass is 31.2. The lowest BCUT2D eigenvalue weighted by molar-refractivity contribution is 0.0997. The fraction of sp³-hybridized carbons (Fsp3) is 0.238. The Hall–Kier alpha value is -3.61. The summed E-state index contributed by atoms with van der Waals surface area (Å²) in [6, 6.07) is 8.51. The number of hydrogen-bond acceptors (Lipinski definition) is 8. The van der Waals surface area contributed by atoms with Crippen molar-refractivity contribution in [3.05, 3.63) is 60.9 Å². The van der Waals surface area contributed by atoms with Crippen molar-refractivity contribution in [2.45, 2.75) is 20.2 Å². The molecule has 3 N–H and O–H groups in total. The molecule has 0 unspecified atom stereocenters. The molecule has 0 aliphatic heterocycles. The number of furan rings is 1. The van der Waals surface area contributed by atoms with Crippen molar-refractivity contribution < 1.29 is 32.8 Å². The zero-order valence-corrected chi connectivity index (χ0v) is 19.5. The molecular formula is C21H23N6O7P. The van der Waals surface area contributed by atoms with E-state index in [1.165, 1.54) is 23.1 Å². The fourth-order valence-electron chi connectivity index (χ4n) is 3.12. The molecule has 0 saturated heterocycles. The maximum atomic E-state index is 12.9. The van der Waals surface area contributed by atoms with Gasteiger partial charge >= 0.3 is 7.82 Å². The largest absolute Gasteiger partial charge is 0.471 e. The van der Waals surface area contributed by atoms with E-state index in [4.69, 9.17) is 18.9 Å². The zero-order chi connectivity index (χ0) is 24.8. The van der Waals surface area contributed by atoms with Gasteiger partial charge in [-0.05, 0) is 31.2 Å². The Balaban J connectivity index is 1.49. The summed E-state index contributed by atoms with van der Waals surface area (Å²) < 4.78 is 29.2. The van der Waals surface area contributed by atoms with E-state index in [9.17, 15) is 9.36 Å². The summed E-state index contributed by atoms with van der Waals surface area (Å²) in [7, 11) is -4.62. The van der Waals surface area contributed by atoms with Crippen LogP contribution in [-0.2, 0) is 27.1 Å². The first kappa shape index (κ1) is 24.5. The van der Waals surface area contributed by atoms with E-state index < -0.39 is 20.5 Å². The van der Waals surface area contributed by atoms with Crippen LogP contribution < -0.4 is 5.32 Å². The fourth-order valence-corrected chi connectivity index (χ4v) is 3.39. The molecule has 184 valence electrons. The molecule has 0 atom stereocenters. The van der Waals surface area contributed by atoms with Gasteiger partial charge in [0.25, 0.3) is 5.91 Å². The number of nitrogens with zero attached hydrogens (tertiary/aromatic N) is 5. The van der Waals surface area contributed by atoms with E-state index in [2.05, 4.69) is 25.0 Å². The zero-order valence-electron chi connectivity index (χ0n) is 18.6. The summed E-state index contributed by atoms with van der Waals surface area (Å²) in [6.07, 6.45) is 6.24. The molecule has 0 radical (unpaired) electrons. The summed E-state index contributed by atoms with van der Waals surface area (Å²) in [4.78, 5) is 34.9. The van der Waals surface area contributed by atoms with Crippen LogP contribution in [0.3, 0.4) is 0 Å². The van der Waals surface area contributed by atoms with E-state index in [0.717, 1.165) is 0 Å². The number of phosphoric acid groups is 1. The van der Waals surface area contributed by atoms with Gasteiger partial charge < -0.3 is 24.3 Å². The van der Waals surface area contributed by atoms with Crippen molar-refractivity contribution >= 4 is 19.4 Å². The van der Waals surface area contributed by atoms with Gasteiger partial charge in [0.15, 0.2) is 12.5 Å². The first-order valence-corrected chi connectivity index (χ1v) is 12.1. The van der Waals surface area contributed by atoms with Crippen LogP contribution in [0.1, 0.15) is 17.5 Å². The topological polar surface area (TPSA) is 167 Å². The Morgan fingerprint density at radius 2 is 2.06 bits per heavy atom. The normalized spacial score (nSPS) is 11.6. The highest BCUT2D eigenvalue weighted by Crippen LogP contribution is 2.36. The van der Waals surface area contributed by atoms with Crippen LogP contribution in [0.4, 0.5) is 5.69 Å². The van der Waals surface area contributed by atoms with Gasteiger partial charge in [0.1, 0.15) is 11.5 Å². The molecule has 13 nitrogen and oxygen atoms in total. The second kappa shape index (κ2) is 10.8. The predicted molar refractivity (Wildman–Crippen MR) is 123 cm³/mol. The maximum Gasteiger partial charge on any atom is 0.471 e. The first-order valence-electron chi connectivity index (χ1n) is 10.5. The first-order chi connectivity index (χ1) is 16.8. The van der Waals surface area contributed by atoms with Crippen molar-refractivity contribution in [2.24, 2.45) is 0 Å². The van der Waals surface area contributed by atoms with Gasteiger partial charge in [0.2, 0.25) is 0 Å². The average Bonchev–Trinajstić information content (AvgIpc) is 3.58. The van der Waals surface area contributed by atoms with Gasteiger partial charge in [-0.15, -0.1) is 0 Å². The molecule has 0 spiro atoms.